The van der Waals surface area contributed by atoms with E-state index in [1.165, 1.54) is 0 Å². The van der Waals surface area contributed by atoms with Crippen molar-refractivity contribution < 1.29 is 10.2 Å². The molecule has 1 aromatic heterocycles. The summed E-state index contributed by atoms with van der Waals surface area (Å²) in [4.78, 5) is 22.1. The Kier molecular flexibility index (Phi) is 3.78. The largest absolute Gasteiger partial charge is 0.389 e. The van der Waals surface area contributed by atoms with Crippen molar-refractivity contribution in [1.82, 2.24) is 15.5 Å². The van der Waals surface area contributed by atoms with Gasteiger partial charge in [-0.3, -0.25) is 19.8 Å². The molecule has 0 radical (unpaired) electrons. The number of aromatic nitrogens is 2. The highest BCUT2D eigenvalue weighted by Crippen LogP contribution is 2.09. The summed E-state index contributed by atoms with van der Waals surface area (Å²) in [5.74, 6) is 0. The Labute approximate surface area is 84.8 Å². The van der Waals surface area contributed by atoms with E-state index in [0.29, 0.717) is 0 Å². The van der Waals surface area contributed by atoms with Crippen LogP contribution in [0.3, 0.4) is 0 Å². The predicted octanol–water partition coefficient (Wildman–Crippen LogP) is -2.32. The fourth-order valence-electron chi connectivity index (χ4n) is 1.18. The van der Waals surface area contributed by atoms with Crippen LogP contribution < -0.4 is 16.4 Å². The van der Waals surface area contributed by atoms with Crippen molar-refractivity contribution >= 4 is 0 Å². The molecule has 0 fully saturated rings. The quantitative estimate of drug-likeness (QED) is 0.386. The van der Waals surface area contributed by atoms with Crippen LogP contribution in [0.4, 0.5) is 0 Å². The molecule has 15 heavy (non-hydrogen) atoms. The van der Waals surface area contributed by atoms with Crippen molar-refractivity contribution in [2.45, 2.75) is 12.2 Å². The molecule has 0 saturated carbocycles. The van der Waals surface area contributed by atoms with Crippen LogP contribution in [0.5, 0.6) is 0 Å². The van der Waals surface area contributed by atoms with E-state index in [2.05, 4.69) is 15.5 Å². The van der Waals surface area contributed by atoms with Gasteiger partial charge < -0.3 is 15.5 Å². The first-order chi connectivity index (χ1) is 7.06. The van der Waals surface area contributed by atoms with Gasteiger partial charge in [-0.1, -0.05) is 0 Å². The van der Waals surface area contributed by atoms with Crippen molar-refractivity contribution in [3.05, 3.63) is 32.3 Å². The van der Waals surface area contributed by atoms with Gasteiger partial charge in [0, 0.05) is 12.6 Å². The molecule has 0 saturated heterocycles. The second-order valence-electron chi connectivity index (χ2n) is 3.11. The average Bonchev–Trinajstić information content (AvgIpc) is 2.21. The summed E-state index contributed by atoms with van der Waals surface area (Å²) in [6.45, 7) is 0.118. The number of nitrogens with one attached hydrogen (secondary N) is 3. The Hall–Kier alpha value is -1.44. The molecule has 2 atom stereocenters. The molecule has 7 heteroatoms. The lowest BCUT2D eigenvalue weighted by atomic mass is 10.1. The molecule has 0 amide bonds. The highest BCUT2D eigenvalue weighted by atomic mass is 16.3. The molecule has 0 aliphatic carbocycles. The lowest BCUT2D eigenvalue weighted by Gasteiger charge is -2.16. The summed E-state index contributed by atoms with van der Waals surface area (Å²) in [6, 6.07) is 0.961. The Bertz CT molecular complexity index is 424. The maximum atomic E-state index is 11.2. The van der Waals surface area contributed by atoms with Crippen LogP contribution in [0.25, 0.3) is 0 Å². The van der Waals surface area contributed by atoms with Gasteiger partial charge in [0.1, 0.15) is 6.10 Å². The number of aromatic amines is 2. The predicted molar refractivity (Wildman–Crippen MR) is 52.6 cm³/mol. The molecule has 2 unspecified atom stereocenters. The zero-order valence-electron chi connectivity index (χ0n) is 8.15. The van der Waals surface area contributed by atoms with Crippen LogP contribution in [0.2, 0.25) is 0 Å². The number of aliphatic hydroxyl groups is 2. The molecule has 5 N–H and O–H groups in total. The third kappa shape index (κ3) is 2.75. The standard InChI is InChI=1S/C8H13N3O4/c1-9-3-5(12)7(14)4-2-6(13)10-11-8(4)15/h2,5,7,9,12,14H,3H2,1H3,(H,10,13)(H,11,15). The molecule has 0 aromatic carbocycles. The van der Waals surface area contributed by atoms with Gasteiger partial charge in [0.15, 0.2) is 0 Å². The number of likely N-dealkylation sites (N-methyl/N-ethyl adjacent to an activating group) is 1. The molecule has 0 aliphatic heterocycles. The first-order valence-electron chi connectivity index (χ1n) is 4.39. The van der Waals surface area contributed by atoms with Gasteiger partial charge in [0.05, 0.1) is 11.7 Å². The Morgan fingerprint density at radius 3 is 2.67 bits per heavy atom. The van der Waals surface area contributed by atoms with E-state index in [0.717, 1.165) is 6.07 Å². The summed E-state index contributed by atoms with van der Waals surface area (Å²) < 4.78 is 0. The van der Waals surface area contributed by atoms with Crippen molar-refractivity contribution in [2.75, 3.05) is 13.6 Å². The Morgan fingerprint density at radius 2 is 2.07 bits per heavy atom. The maximum absolute atomic E-state index is 11.2. The lowest BCUT2D eigenvalue weighted by Crippen LogP contribution is -2.34. The molecule has 0 aliphatic rings. The zero-order valence-corrected chi connectivity index (χ0v) is 8.15. The van der Waals surface area contributed by atoms with Crippen molar-refractivity contribution in [2.24, 2.45) is 0 Å². The molecule has 0 spiro atoms. The Morgan fingerprint density at radius 1 is 1.40 bits per heavy atom. The number of hydrogen-bond donors (Lipinski definition) is 5. The van der Waals surface area contributed by atoms with Gasteiger partial charge in [-0.25, -0.2) is 0 Å². The smallest absolute Gasteiger partial charge is 0.268 e. The Balaban J connectivity index is 3.00. The maximum Gasteiger partial charge on any atom is 0.268 e. The summed E-state index contributed by atoms with van der Waals surface area (Å²) in [6.07, 6.45) is -2.53. The zero-order chi connectivity index (χ0) is 11.4. The van der Waals surface area contributed by atoms with Gasteiger partial charge in [-0.2, -0.15) is 0 Å². The molecule has 7 nitrogen and oxygen atoms in total. The molecular formula is C8H13N3O4. The van der Waals surface area contributed by atoms with Crippen LogP contribution in [0.15, 0.2) is 15.7 Å². The first kappa shape index (κ1) is 11.6. The van der Waals surface area contributed by atoms with Crippen LogP contribution in [0.1, 0.15) is 11.7 Å². The third-order valence-corrected chi connectivity index (χ3v) is 1.94. The lowest BCUT2D eigenvalue weighted by molar-refractivity contribution is 0.0192. The average molecular weight is 215 g/mol. The van der Waals surface area contributed by atoms with Gasteiger partial charge in [-0.15, -0.1) is 0 Å². The molecule has 1 rings (SSSR count). The molecule has 1 heterocycles. The second kappa shape index (κ2) is 4.87. The van der Waals surface area contributed by atoms with Crippen molar-refractivity contribution in [3.63, 3.8) is 0 Å². The van der Waals surface area contributed by atoms with Gasteiger partial charge >= 0.3 is 0 Å². The molecule has 0 bridgehead atoms. The summed E-state index contributed by atoms with van der Waals surface area (Å²) in [7, 11) is 1.60. The van der Waals surface area contributed by atoms with E-state index in [9.17, 15) is 19.8 Å². The second-order valence-corrected chi connectivity index (χ2v) is 3.11. The minimum Gasteiger partial charge on any atom is -0.389 e. The number of rotatable bonds is 4. The summed E-state index contributed by atoms with van der Waals surface area (Å²) in [5, 5.41) is 25.7. The number of hydrogen-bond acceptors (Lipinski definition) is 5. The molecule has 84 valence electrons. The fraction of sp³-hybridized carbons (Fsp3) is 0.500. The minimum absolute atomic E-state index is 0.118. The highest BCUT2D eigenvalue weighted by molar-refractivity contribution is 5.11. The van der Waals surface area contributed by atoms with Gasteiger partial charge in [0.2, 0.25) is 0 Å². The molecular weight excluding hydrogens is 202 g/mol. The van der Waals surface area contributed by atoms with E-state index in [-0.39, 0.29) is 12.1 Å². The van der Waals surface area contributed by atoms with Crippen LogP contribution in [-0.2, 0) is 0 Å². The van der Waals surface area contributed by atoms with E-state index in [4.69, 9.17) is 0 Å². The van der Waals surface area contributed by atoms with Crippen LogP contribution in [0, 0.1) is 0 Å². The van der Waals surface area contributed by atoms with Crippen molar-refractivity contribution in [3.8, 4) is 0 Å². The van der Waals surface area contributed by atoms with Crippen LogP contribution >= 0.6 is 0 Å². The highest BCUT2D eigenvalue weighted by Gasteiger charge is 2.20. The van der Waals surface area contributed by atoms with E-state index in [1.807, 2.05) is 0 Å². The van der Waals surface area contributed by atoms with Crippen molar-refractivity contribution in [1.29, 1.82) is 0 Å². The third-order valence-electron chi connectivity index (χ3n) is 1.94. The van der Waals surface area contributed by atoms with E-state index >= 15 is 0 Å². The first-order valence-corrected chi connectivity index (χ1v) is 4.39. The minimum atomic E-state index is -1.39. The fourth-order valence-corrected chi connectivity index (χ4v) is 1.18. The SMILES string of the molecule is CNCC(O)C(O)c1cc(=O)[nH][nH]c1=O. The summed E-state index contributed by atoms with van der Waals surface area (Å²) in [5.41, 5.74) is -1.32. The topological polar surface area (TPSA) is 118 Å². The van der Waals surface area contributed by atoms with E-state index < -0.39 is 23.3 Å². The van der Waals surface area contributed by atoms with Gasteiger partial charge in [0.25, 0.3) is 11.1 Å². The normalized spacial score (nSPS) is 14.9. The number of H-pyrrole nitrogens is 2. The van der Waals surface area contributed by atoms with E-state index in [1.54, 1.807) is 7.05 Å². The van der Waals surface area contributed by atoms with Crippen LogP contribution in [-0.4, -0.2) is 40.1 Å². The summed E-state index contributed by atoms with van der Waals surface area (Å²) >= 11 is 0. The molecule has 1 aromatic rings. The monoisotopic (exact) mass is 215 g/mol. The number of aliphatic hydroxyl groups excluding tert-OH is 2. The van der Waals surface area contributed by atoms with Gasteiger partial charge in [-0.05, 0) is 7.05 Å².